The van der Waals surface area contributed by atoms with Gasteiger partial charge in [-0.1, -0.05) is 36.0 Å². The molecule has 2 saturated heterocycles. The number of rotatable bonds is 8. The van der Waals surface area contributed by atoms with Gasteiger partial charge in [-0.05, 0) is 80.7 Å². The lowest BCUT2D eigenvalue weighted by atomic mass is 10.1. The summed E-state index contributed by atoms with van der Waals surface area (Å²) < 4.78 is 11.8. The van der Waals surface area contributed by atoms with Gasteiger partial charge in [0.15, 0.2) is 22.4 Å². The van der Waals surface area contributed by atoms with Gasteiger partial charge in [-0.25, -0.2) is 0 Å². The molecule has 10 heteroatoms. The van der Waals surface area contributed by atoms with Crippen LogP contribution in [-0.2, 0) is 9.59 Å². The number of hydrogen-bond donors (Lipinski definition) is 1. The fourth-order valence-corrected chi connectivity index (χ4v) is 5.26. The number of carbonyl (C=O) groups excluding carboxylic acids is 3. The Morgan fingerprint density at radius 1 is 1.08 bits per heavy atom. The van der Waals surface area contributed by atoms with E-state index in [1.54, 1.807) is 36.4 Å². The maximum absolute atomic E-state index is 13.0. The van der Waals surface area contributed by atoms with Crippen LogP contribution < -0.4 is 14.9 Å². The molecular formula is C27H29N3O5S2. The molecule has 0 aliphatic carbocycles. The van der Waals surface area contributed by atoms with Crippen LogP contribution in [0.25, 0.3) is 6.08 Å². The Bertz CT molecular complexity index is 1240. The summed E-state index contributed by atoms with van der Waals surface area (Å²) in [5.74, 6) is 0.0771. The van der Waals surface area contributed by atoms with E-state index < -0.39 is 11.8 Å². The number of nitrogens with one attached hydrogen (secondary N) is 1. The van der Waals surface area contributed by atoms with Crippen LogP contribution in [0.3, 0.4) is 0 Å². The van der Waals surface area contributed by atoms with Gasteiger partial charge in [0.2, 0.25) is 0 Å². The van der Waals surface area contributed by atoms with Gasteiger partial charge in [0.05, 0.1) is 11.5 Å². The van der Waals surface area contributed by atoms with Gasteiger partial charge in [0, 0.05) is 18.7 Å². The van der Waals surface area contributed by atoms with Gasteiger partial charge in [0.1, 0.15) is 0 Å². The van der Waals surface area contributed by atoms with Crippen LogP contribution in [0.2, 0.25) is 0 Å². The van der Waals surface area contributed by atoms with Crippen LogP contribution in [0.15, 0.2) is 47.4 Å². The number of hydrazine groups is 1. The number of likely N-dealkylation sites (tertiary alicyclic amines) is 1. The Kier molecular flexibility index (Phi) is 8.83. The third-order valence-corrected chi connectivity index (χ3v) is 7.32. The third-order valence-electron chi connectivity index (χ3n) is 6.02. The summed E-state index contributed by atoms with van der Waals surface area (Å²) in [7, 11) is 0. The van der Waals surface area contributed by atoms with E-state index in [4.69, 9.17) is 21.7 Å². The van der Waals surface area contributed by atoms with Gasteiger partial charge < -0.3 is 14.4 Å². The van der Waals surface area contributed by atoms with Crippen LogP contribution in [-0.4, -0.2) is 58.3 Å². The topological polar surface area (TPSA) is 88.2 Å². The number of benzene rings is 2. The van der Waals surface area contributed by atoms with Crippen molar-refractivity contribution in [2.24, 2.45) is 0 Å². The monoisotopic (exact) mass is 539 g/mol. The van der Waals surface area contributed by atoms with Gasteiger partial charge in [0.25, 0.3) is 17.7 Å². The van der Waals surface area contributed by atoms with E-state index in [1.165, 1.54) is 0 Å². The molecule has 2 aromatic carbocycles. The molecule has 4 rings (SSSR count). The van der Waals surface area contributed by atoms with Crippen LogP contribution in [0.5, 0.6) is 11.5 Å². The molecule has 2 heterocycles. The first-order valence-corrected chi connectivity index (χ1v) is 13.4. The number of aryl methyl sites for hydroxylation is 1. The smallest absolute Gasteiger partial charge is 0.285 e. The molecule has 2 aliphatic heterocycles. The van der Waals surface area contributed by atoms with E-state index in [0.717, 1.165) is 54.7 Å². The van der Waals surface area contributed by atoms with Crippen molar-refractivity contribution in [2.75, 3.05) is 26.3 Å². The number of nitrogens with zero attached hydrogens (tertiary/aromatic N) is 2. The van der Waals surface area contributed by atoms with Crippen LogP contribution in [0.4, 0.5) is 0 Å². The molecule has 0 saturated carbocycles. The molecule has 0 atom stereocenters. The van der Waals surface area contributed by atoms with Crippen molar-refractivity contribution in [2.45, 2.75) is 33.1 Å². The predicted molar refractivity (Wildman–Crippen MR) is 147 cm³/mol. The third kappa shape index (κ3) is 6.50. The highest BCUT2D eigenvalue weighted by molar-refractivity contribution is 8.26. The number of ether oxygens (including phenoxy) is 2. The highest BCUT2D eigenvalue weighted by Crippen LogP contribution is 2.34. The lowest BCUT2D eigenvalue weighted by molar-refractivity contribution is -0.134. The van der Waals surface area contributed by atoms with Crippen molar-refractivity contribution in [1.82, 2.24) is 15.3 Å². The zero-order valence-corrected chi connectivity index (χ0v) is 22.5. The molecule has 1 N–H and O–H groups in total. The molecule has 0 radical (unpaired) electrons. The second kappa shape index (κ2) is 12.2. The fraction of sp³-hybridized carbons (Fsp3) is 0.333. The van der Waals surface area contributed by atoms with Crippen molar-refractivity contribution >= 4 is 52.1 Å². The molecular weight excluding hydrogens is 510 g/mol. The Morgan fingerprint density at radius 3 is 2.57 bits per heavy atom. The van der Waals surface area contributed by atoms with Crippen LogP contribution in [0.1, 0.15) is 47.7 Å². The summed E-state index contributed by atoms with van der Waals surface area (Å²) in [6.07, 6.45) is 4.88. The van der Waals surface area contributed by atoms with Crippen molar-refractivity contribution in [3.63, 3.8) is 0 Å². The molecule has 2 aliphatic rings. The van der Waals surface area contributed by atoms with Gasteiger partial charge >= 0.3 is 0 Å². The lowest BCUT2D eigenvalue weighted by Gasteiger charge is -2.26. The maximum atomic E-state index is 13.0. The van der Waals surface area contributed by atoms with E-state index in [1.807, 2.05) is 30.9 Å². The van der Waals surface area contributed by atoms with Crippen LogP contribution >= 0.6 is 24.0 Å². The number of piperidine rings is 1. The van der Waals surface area contributed by atoms with Crippen molar-refractivity contribution in [3.8, 4) is 11.5 Å². The zero-order valence-electron chi connectivity index (χ0n) is 20.8. The molecule has 0 unspecified atom stereocenters. The molecule has 37 heavy (non-hydrogen) atoms. The van der Waals surface area contributed by atoms with Crippen molar-refractivity contribution in [3.05, 3.63) is 64.1 Å². The lowest BCUT2D eigenvalue weighted by Crippen LogP contribution is -2.45. The number of thiocarbonyl (C=S) groups is 1. The summed E-state index contributed by atoms with van der Waals surface area (Å²) in [6, 6.07) is 12.4. The first-order valence-electron chi connectivity index (χ1n) is 12.2. The minimum atomic E-state index is -0.414. The zero-order chi connectivity index (χ0) is 26.4. The molecule has 3 amide bonds. The number of thioether (sulfide) groups is 1. The standard InChI is InChI=1S/C27H29N3O5S2/c1-3-34-22-15-19(11-12-21(22)35-17-24(31)29-13-7-4-8-14-29)16-23-26(33)30(27(36)37-23)28-25(32)20-10-6-5-9-18(20)2/h5-6,9-12,15-16H,3-4,7-8,13-14,17H2,1-2H3,(H,28,32)/b23-16+. The molecule has 2 fully saturated rings. The highest BCUT2D eigenvalue weighted by atomic mass is 32.2. The average molecular weight is 540 g/mol. The minimum Gasteiger partial charge on any atom is -0.490 e. The molecule has 194 valence electrons. The summed E-state index contributed by atoms with van der Waals surface area (Å²) in [6.45, 7) is 5.57. The molecule has 0 aromatic heterocycles. The number of carbonyl (C=O) groups is 3. The Balaban J connectivity index is 1.45. The normalized spacial score (nSPS) is 16.8. The molecule has 8 nitrogen and oxygen atoms in total. The summed E-state index contributed by atoms with van der Waals surface area (Å²) in [4.78, 5) is 40.4. The van der Waals surface area contributed by atoms with E-state index in [0.29, 0.717) is 34.1 Å². The highest BCUT2D eigenvalue weighted by Gasteiger charge is 2.34. The molecule has 0 bridgehead atoms. The quantitative estimate of drug-likeness (QED) is 0.395. The van der Waals surface area contributed by atoms with Crippen LogP contribution in [0, 0.1) is 6.92 Å². The van der Waals surface area contributed by atoms with Gasteiger partial charge in [-0.3, -0.25) is 19.8 Å². The van der Waals surface area contributed by atoms with E-state index in [-0.39, 0.29) is 16.8 Å². The maximum Gasteiger partial charge on any atom is 0.285 e. The summed E-state index contributed by atoms with van der Waals surface area (Å²) in [5.41, 5.74) is 4.57. The minimum absolute atomic E-state index is 0.0392. The largest absolute Gasteiger partial charge is 0.490 e. The SMILES string of the molecule is CCOc1cc(/C=C2/SC(=S)N(NC(=O)c3ccccc3C)C2=O)ccc1OCC(=O)N1CCCCC1. The predicted octanol–water partition coefficient (Wildman–Crippen LogP) is 4.33. The summed E-state index contributed by atoms with van der Waals surface area (Å²) >= 11 is 6.45. The average Bonchev–Trinajstić information content (AvgIpc) is 3.16. The van der Waals surface area contributed by atoms with Crippen molar-refractivity contribution in [1.29, 1.82) is 0 Å². The number of amides is 3. The first-order chi connectivity index (χ1) is 17.9. The van der Waals surface area contributed by atoms with Gasteiger partial charge in [-0.2, -0.15) is 5.01 Å². The first kappa shape index (κ1) is 26.7. The van der Waals surface area contributed by atoms with Gasteiger partial charge in [-0.15, -0.1) is 0 Å². The van der Waals surface area contributed by atoms with E-state index >= 15 is 0 Å². The molecule has 2 aromatic rings. The van der Waals surface area contributed by atoms with E-state index in [2.05, 4.69) is 5.43 Å². The fourth-order valence-electron chi connectivity index (χ4n) is 4.08. The Morgan fingerprint density at radius 2 is 1.84 bits per heavy atom. The Labute approximate surface area is 225 Å². The molecule has 0 spiro atoms. The second-order valence-corrected chi connectivity index (χ2v) is 10.3. The Hall–Kier alpha value is -3.37. The van der Waals surface area contributed by atoms with E-state index in [9.17, 15) is 14.4 Å². The number of hydrogen-bond acceptors (Lipinski definition) is 7. The second-order valence-electron chi connectivity index (χ2n) is 8.64. The summed E-state index contributed by atoms with van der Waals surface area (Å²) in [5, 5.41) is 1.09. The van der Waals surface area contributed by atoms with Crippen molar-refractivity contribution < 1.29 is 23.9 Å².